The molecule has 0 saturated heterocycles. The lowest BCUT2D eigenvalue weighted by Crippen LogP contribution is -2.17. The lowest BCUT2D eigenvalue weighted by atomic mass is 10.0. The monoisotopic (exact) mass is 413 g/mol. The summed E-state index contributed by atoms with van der Waals surface area (Å²) in [6.45, 7) is 1.50. The molecule has 0 aliphatic rings. The van der Waals surface area contributed by atoms with Gasteiger partial charge >= 0.3 is 0 Å². The van der Waals surface area contributed by atoms with Gasteiger partial charge in [0.25, 0.3) is 0 Å². The summed E-state index contributed by atoms with van der Waals surface area (Å²) in [6.07, 6.45) is 3.62. The molecule has 4 nitrogen and oxygen atoms in total. The second-order valence-electron chi connectivity index (χ2n) is 6.66. The Morgan fingerprint density at radius 2 is 1.77 bits per heavy atom. The number of thiol groups is 1. The van der Waals surface area contributed by atoms with Gasteiger partial charge in [-0.05, 0) is 46.3 Å². The summed E-state index contributed by atoms with van der Waals surface area (Å²) in [6, 6.07) is 25.9. The first kappa shape index (κ1) is 21.5. The second kappa shape index (κ2) is 11.1. The molecular formula is C25H23N3OS. The zero-order chi connectivity index (χ0) is 21.2. The van der Waals surface area contributed by atoms with Crippen LogP contribution < -0.4 is 5.32 Å². The molecule has 0 aliphatic carbocycles. The summed E-state index contributed by atoms with van der Waals surface area (Å²) >= 11 is 4.32. The first-order chi connectivity index (χ1) is 14.7. The molecule has 1 aromatic heterocycles. The van der Waals surface area contributed by atoms with Gasteiger partial charge in [0.15, 0.2) is 0 Å². The fourth-order valence-electron chi connectivity index (χ4n) is 3.00. The number of pyridine rings is 1. The largest absolute Gasteiger partial charge is 0.395 e. The summed E-state index contributed by atoms with van der Waals surface area (Å²) in [5.74, 6) is 0. The molecule has 4 rings (SSSR count). The Morgan fingerprint density at radius 1 is 0.967 bits per heavy atom. The van der Waals surface area contributed by atoms with Crippen molar-refractivity contribution in [3.8, 4) is 17.2 Å². The molecule has 0 spiro atoms. The molecule has 0 bridgehead atoms. The second-order valence-corrected chi connectivity index (χ2v) is 7.15. The van der Waals surface area contributed by atoms with Gasteiger partial charge in [0, 0.05) is 35.8 Å². The third-order valence-electron chi connectivity index (χ3n) is 4.55. The van der Waals surface area contributed by atoms with Crippen molar-refractivity contribution in [3.05, 3.63) is 96.3 Å². The summed E-state index contributed by atoms with van der Waals surface area (Å²) < 4.78 is 0. The quantitative estimate of drug-likeness (QED) is 0.324. The predicted molar refractivity (Wildman–Crippen MR) is 124 cm³/mol. The van der Waals surface area contributed by atoms with Crippen LogP contribution in [0.4, 0.5) is 0 Å². The molecule has 30 heavy (non-hydrogen) atoms. The van der Waals surface area contributed by atoms with E-state index >= 15 is 0 Å². The van der Waals surface area contributed by atoms with Crippen LogP contribution in [0.25, 0.3) is 21.9 Å². The van der Waals surface area contributed by atoms with Gasteiger partial charge in [0.05, 0.1) is 18.2 Å². The Kier molecular flexibility index (Phi) is 7.99. The smallest absolute Gasteiger partial charge is 0.0991 e. The maximum absolute atomic E-state index is 8.89. The van der Waals surface area contributed by atoms with Crippen LogP contribution in [0.15, 0.2) is 90.1 Å². The predicted octanol–water partition coefficient (Wildman–Crippen LogP) is 4.83. The third kappa shape index (κ3) is 5.91. The molecule has 4 aromatic rings. The van der Waals surface area contributed by atoms with E-state index in [1.165, 1.54) is 5.56 Å². The molecule has 0 aliphatic heterocycles. The van der Waals surface area contributed by atoms with E-state index in [1.54, 1.807) is 12.3 Å². The molecule has 1 heterocycles. The van der Waals surface area contributed by atoms with E-state index in [9.17, 15) is 0 Å². The summed E-state index contributed by atoms with van der Waals surface area (Å²) in [5.41, 5.74) is 4.00. The molecule has 0 fully saturated rings. The normalized spacial score (nSPS) is 10.2. The van der Waals surface area contributed by atoms with Gasteiger partial charge in [-0.1, -0.05) is 48.5 Å². The van der Waals surface area contributed by atoms with E-state index in [4.69, 9.17) is 10.4 Å². The van der Waals surface area contributed by atoms with Gasteiger partial charge in [-0.25, -0.2) is 0 Å². The number of nitriles is 1. The highest BCUT2D eigenvalue weighted by Gasteiger charge is 2.00. The average Bonchev–Trinajstić information content (AvgIpc) is 2.81. The third-order valence-corrected chi connectivity index (χ3v) is 4.94. The van der Waals surface area contributed by atoms with E-state index in [2.05, 4.69) is 41.1 Å². The Bertz CT molecular complexity index is 1130. The highest BCUT2D eigenvalue weighted by molar-refractivity contribution is 7.80. The van der Waals surface area contributed by atoms with Crippen molar-refractivity contribution < 1.29 is 5.11 Å². The fourth-order valence-corrected chi connectivity index (χ4v) is 3.29. The fraction of sp³-hybridized carbons (Fsp3) is 0.120. The zero-order valence-electron chi connectivity index (χ0n) is 16.5. The van der Waals surface area contributed by atoms with Crippen molar-refractivity contribution in [2.75, 3.05) is 13.2 Å². The van der Waals surface area contributed by atoms with Crippen LogP contribution in [0, 0.1) is 11.3 Å². The number of nitrogens with zero attached hydrogens (tertiary/aromatic N) is 2. The molecule has 2 N–H and O–H groups in total. The molecule has 0 radical (unpaired) electrons. The van der Waals surface area contributed by atoms with Crippen LogP contribution in [0.3, 0.4) is 0 Å². The van der Waals surface area contributed by atoms with Gasteiger partial charge in [0.2, 0.25) is 0 Å². The van der Waals surface area contributed by atoms with Crippen LogP contribution in [0.5, 0.6) is 0 Å². The Balaban J connectivity index is 0.000000196. The minimum absolute atomic E-state index is 0.152. The summed E-state index contributed by atoms with van der Waals surface area (Å²) in [5, 5.41) is 23.0. The minimum Gasteiger partial charge on any atom is -0.395 e. The average molecular weight is 414 g/mol. The van der Waals surface area contributed by atoms with Crippen molar-refractivity contribution in [2.45, 2.75) is 11.4 Å². The maximum atomic E-state index is 8.89. The summed E-state index contributed by atoms with van der Waals surface area (Å²) in [4.78, 5) is 5.02. The maximum Gasteiger partial charge on any atom is 0.0991 e. The highest BCUT2D eigenvalue weighted by Crippen LogP contribution is 2.21. The van der Waals surface area contributed by atoms with Gasteiger partial charge in [-0.3, -0.25) is 4.98 Å². The Labute approximate surface area is 182 Å². The molecule has 150 valence electrons. The number of hydrogen-bond acceptors (Lipinski definition) is 5. The Hall–Kier alpha value is -3.17. The van der Waals surface area contributed by atoms with E-state index in [0.29, 0.717) is 12.1 Å². The molecular weight excluding hydrogens is 390 g/mol. The molecule has 0 amide bonds. The number of fused-ring (bicyclic) bond motifs is 1. The topological polar surface area (TPSA) is 68.9 Å². The summed E-state index contributed by atoms with van der Waals surface area (Å²) in [7, 11) is 0. The van der Waals surface area contributed by atoms with Crippen molar-refractivity contribution in [2.24, 2.45) is 0 Å². The van der Waals surface area contributed by atoms with Gasteiger partial charge in [-0.15, -0.1) is 12.6 Å². The number of hydrogen-bond donors (Lipinski definition) is 3. The SMILES string of the molecule is N#Cc1cccc(-c2ccc(CNCCO)cc2)c1.Sc1cccc2cnccc12. The highest BCUT2D eigenvalue weighted by atomic mass is 32.1. The first-order valence-corrected chi connectivity index (χ1v) is 10.1. The minimum atomic E-state index is 0.152. The van der Waals surface area contributed by atoms with E-state index < -0.39 is 0 Å². The van der Waals surface area contributed by atoms with Crippen molar-refractivity contribution in [1.29, 1.82) is 5.26 Å². The van der Waals surface area contributed by atoms with E-state index in [0.717, 1.165) is 33.3 Å². The Morgan fingerprint density at radius 3 is 2.50 bits per heavy atom. The molecule has 3 aromatic carbocycles. The van der Waals surface area contributed by atoms with Crippen LogP contribution in [0.1, 0.15) is 11.1 Å². The van der Waals surface area contributed by atoms with E-state index in [1.807, 2.05) is 60.8 Å². The zero-order valence-corrected chi connectivity index (χ0v) is 17.4. The molecule has 5 heteroatoms. The lowest BCUT2D eigenvalue weighted by molar-refractivity contribution is 0.292. The number of rotatable bonds is 5. The standard InChI is InChI=1S/C16H16N2O.C9H7NS/c17-11-14-2-1-3-16(10-14)15-6-4-13(5-7-15)12-18-8-9-19;11-9-3-1-2-7-6-10-5-4-8(7)9/h1-7,10,18-19H,8-9,12H2;1-6,11H. The van der Waals surface area contributed by atoms with Gasteiger partial charge in [0.1, 0.15) is 0 Å². The number of aliphatic hydroxyl groups excluding tert-OH is 1. The van der Waals surface area contributed by atoms with Gasteiger partial charge < -0.3 is 10.4 Å². The van der Waals surface area contributed by atoms with Crippen LogP contribution in [-0.2, 0) is 6.54 Å². The van der Waals surface area contributed by atoms with Crippen LogP contribution in [-0.4, -0.2) is 23.2 Å². The van der Waals surface area contributed by atoms with Crippen molar-refractivity contribution in [1.82, 2.24) is 10.3 Å². The lowest BCUT2D eigenvalue weighted by Gasteiger charge is -2.06. The van der Waals surface area contributed by atoms with Crippen LogP contribution >= 0.6 is 12.6 Å². The first-order valence-electron chi connectivity index (χ1n) is 9.64. The number of nitrogens with one attached hydrogen (secondary N) is 1. The van der Waals surface area contributed by atoms with E-state index in [-0.39, 0.29) is 6.61 Å². The number of aromatic nitrogens is 1. The molecule has 0 unspecified atom stereocenters. The number of aliphatic hydroxyl groups is 1. The van der Waals surface area contributed by atoms with Gasteiger partial charge in [-0.2, -0.15) is 5.26 Å². The van der Waals surface area contributed by atoms with Crippen molar-refractivity contribution in [3.63, 3.8) is 0 Å². The van der Waals surface area contributed by atoms with Crippen molar-refractivity contribution >= 4 is 23.4 Å². The molecule has 0 saturated carbocycles. The number of benzene rings is 3. The van der Waals surface area contributed by atoms with Crippen LogP contribution in [0.2, 0.25) is 0 Å². The molecule has 0 atom stereocenters.